The van der Waals surface area contributed by atoms with Gasteiger partial charge in [-0.25, -0.2) is 4.98 Å². The minimum atomic E-state index is -0.0210. The van der Waals surface area contributed by atoms with Crippen LogP contribution in [0.3, 0.4) is 0 Å². The van der Waals surface area contributed by atoms with Crippen molar-refractivity contribution in [2.75, 3.05) is 0 Å². The average Bonchev–Trinajstić information content (AvgIpc) is 2.75. The third-order valence-electron chi connectivity index (χ3n) is 3.67. The third-order valence-corrected chi connectivity index (χ3v) is 3.67. The quantitative estimate of drug-likeness (QED) is 0.771. The van der Waals surface area contributed by atoms with Gasteiger partial charge >= 0.3 is 0 Å². The Kier molecular flexibility index (Phi) is 3.07. The Morgan fingerprint density at radius 2 is 1.80 bits per heavy atom. The monoisotopic (exact) mass is 266 g/mol. The number of fused-ring (bicyclic) bond motifs is 1. The largest absolute Gasteiger partial charge is 0.390 e. The molecule has 1 aromatic carbocycles. The van der Waals surface area contributed by atoms with Crippen LogP contribution >= 0.6 is 0 Å². The molecule has 3 heteroatoms. The fraction of sp³-hybridized carbons (Fsp3) is 0.235. The molecule has 2 aromatic heterocycles. The number of aryl methyl sites for hydroxylation is 3. The average molecular weight is 266 g/mol. The van der Waals surface area contributed by atoms with Gasteiger partial charge in [-0.15, -0.1) is 0 Å². The predicted octanol–water partition coefficient (Wildman–Crippen LogP) is 3.42. The van der Waals surface area contributed by atoms with Crippen LogP contribution in [0.25, 0.3) is 16.9 Å². The first kappa shape index (κ1) is 12.9. The molecule has 3 aromatic rings. The van der Waals surface area contributed by atoms with E-state index in [1.54, 1.807) is 0 Å². The molecular weight excluding hydrogens is 248 g/mol. The topological polar surface area (TPSA) is 37.5 Å². The highest BCUT2D eigenvalue weighted by molar-refractivity contribution is 5.70. The number of hydrogen-bond donors (Lipinski definition) is 1. The van der Waals surface area contributed by atoms with E-state index in [-0.39, 0.29) is 6.61 Å². The molecule has 0 aliphatic carbocycles. The van der Waals surface area contributed by atoms with Crippen LogP contribution in [0.15, 0.2) is 36.5 Å². The first-order chi connectivity index (χ1) is 9.60. The van der Waals surface area contributed by atoms with Crippen molar-refractivity contribution in [3.63, 3.8) is 0 Å². The Morgan fingerprint density at radius 1 is 1.05 bits per heavy atom. The maximum absolute atomic E-state index is 9.72. The van der Waals surface area contributed by atoms with Crippen molar-refractivity contribution in [3.8, 4) is 11.3 Å². The van der Waals surface area contributed by atoms with Gasteiger partial charge in [0.15, 0.2) is 0 Å². The van der Waals surface area contributed by atoms with Crippen LogP contribution in [-0.4, -0.2) is 14.5 Å². The summed E-state index contributed by atoms with van der Waals surface area (Å²) in [5, 5.41) is 9.72. The number of benzene rings is 1. The number of imidazole rings is 1. The minimum absolute atomic E-state index is 0.0210. The van der Waals surface area contributed by atoms with E-state index in [1.165, 1.54) is 16.7 Å². The summed E-state index contributed by atoms with van der Waals surface area (Å²) in [6, 6.07) is 10.4. The molecule has 0 fully saturated rings. The molecule has 0 aliphatic heterocycles. The van der Waals surface area contributed by atoms with Crippen molar-refractivity contribution >= 4 is 5.65 Å². The lowest BCUT2D eigenvalue weighted by molar-refractivity contribution is 0.276. The van der Waals surface area contributed by atoms with Crippen LogP contribution in [0, 0.1) is 20.8 Å². The van der Waals surface area contributed by atoms with Crippen LogP contribution in [0.1, 0.15) is 22.4 Å². The molecule has 0 saturated carbocycles. The van der Waals surface area contributed by atoms with Gasteiger partial charge in [0.25, 0.3) is 0 Å². The molecule has 0 amide bonds. The number of aliphatic hydroxyl groups is 1. The highest BCUT2D eigenvalue weighted by Gasteiger charge is 2.14. The molecule has 102 valence electrons. The Hall–Kier alpha value is -2.13. The van der Waals surface area contributed by atoms with E-state index in [2.05, 4.69) is 32.0 Å². The van der Waals surface area contributed by atoms with Crippen LogP contribution in [0.2, 0.25) is 0 Å². The Bertz CT molecular complexity index is 787. The van der Waals surface area contributed by atoms with Gasteiger partial charge in [0.2, 0.25) is 0 Å². The summed E-state index contributed by atoms with van der Waals surface area (Å²) in [5.41, 5.74) is 7.25. The van der Waals surface area contributed by atoms with Crippen LogP contribution in [0.5, 0.6) is 0 Å². The minimum Gasteiger partial charge on any atom is -0.390 e. The lowest BCUT2D eigenvalue weighted by Gasteiger charge is -2.06. The van der Waals surface area contributed by atoms with Crippen molar-refractivity contribution < 1.29 is 5.11 Å². The predicted molar refractivity (Wildman–Crippen MR) is 80.8 cm³/mol. The van der Waals surface area contributed by atoms with Crippen LogP contribution in [0.4, 0.5) is 0 Å². The Balaban J connectivity index is 2.30. The van der Waals surface area contributed by atoms with Gasteiger partial charge in [0.05, 0.1) is 18.0 Å². The Labute approximate surface area is 118 Å². The SMILES string of the molecule is Cc1ccc(-c2nc3cc(C)ccn3c2CO)c(C)c1. The van der Waals surface area contributed by atoms with Gasteiger partial charge in [0.1, 0.15) is 5.65 Å². The molecule has 3 nitrogen and oxygen atoms in total. The molecule has 0 radical (unpaired) electrons. The number of aliphatic hydroxyl groups excluding tert-OH is 1. The van der Waals surface area contributed by atoms with E-state index < -0.39 is 0 Å². The van der Waals surface area contributed by atoms with E-state index >= 15 is 0 Å². The summed E-state index contributed by atoms with van der Waals surface area (Å²) in [6.45, 7) is 6.19. The molecule has 0 atom stereocenters. The number of hydrogen-bond acceptors (Lipinski definition) is 2. The Morgan fingerprint density at radius 3 is 2.50 bits per heavy atom. The van der Waals surface area contributed by atoms with E-state index in [9.17, 15) is 5.11 Å². The molecule has 0 bridgehead atoms. The summed E-state index contributed by atoms with van der Waals surface area (Å²) in [7, 11) is 0. The van der Waals surface area contributed by atoms with Crippen LogP contribution < -0.4 is 0 Å². The smallest absolute Gasteiger partial charge is 0.138 e. The third kappa shape index (κ3) is 2.00. The van der Waals surface area contributed by atoms with E-state index in [0.29, 0.717) is 0 Å². The van der Waals surface area contributed by atoms with Gasteiger partial charge < -0.3 is 9.51 Å². The van der Waals surface area contributed by atoms with Crippen molar-refractivity contribution in [3.05, 3.63) is 58.9 Å². The second kappa shape index (κ2) is 4.76. The summed E-state index contributed by atoms with van der Waals surface area (Å²) in [6.07, 6.45) is 1.97. The molecule has 20 heavy (non-hydrogen) atoms. The number of rotatable bonds is 2. The first-order valence-corrected chi connectivity index (χ1v) is 6.76. The molecule has 1 N–H and O–H groups in total. The van der Waals surface area contributed by atoms with E-state index in [0.717, 1.165) is 22.6 Å². The normalized spacial score (nSPS) is 11.2. The van der Waals surface area contributed by atoms with Crippen molar-refractivity contribution in [1.82, 2.24) is 9.38 Å². The maximum atomic E-state index is 9.72. The van der Waals surface area contributed by atoms with Gasteiger partial charge in [-0.3, -0.25) is 0 Å². The van der Waals surface area contributed by atoms with Crippen molar-refractivity contribution in [2.45, 2.75) is 27.4 Å². The van der Waals surface area contributed by atoms with E-state index in [1.807, 2.05) is 29.7 Å². The lowest BCUT2D eigenvalue weighted by atomic mass is 10.0. The number of pyridine rings is 1. The maximum Gasteiger partial charge on any atom is 0.138 e. The highest BCUT2D eigenvalue weighted by Crippen LogP contribution is 2.28. The lowest BCUT2D eigenvalue weighted by Crippen LogP contribution is -1.95. The summed E-state index contributed by atoms with van der Waals surface area (Å²) in [4.78, 5) is 4.71. The van der Waals surface area contributed by atoms with Gasteiger partial charge in [-0.05, 0) is 44.0 Å². The number of aromatic nitrogens is 2. The summed E-state index contributed by atoms with van der Waals surface area (Å²) < 4.78 is 1.96. The second-order valence-electron chi connectivity index (χ2n) is 5.32. The first-order valence-electron chi connectivity index (χ1n) is 6.76. The summed E-state index contributed by atoms with van der Waals surface area (Å²) in [5.74, 6) is 0. The van der Waals surface area contributed by atoms with E-state index in [4.69, 9.17) is 4.98 Å². The molecule has 3 rings (SSSR count). The zero-order valence-corrected chi connectivity index (χ0v) is 12.0. The summed E-state index contributed by atoms with van der Waals surface area (Å²) >= 11 is 0. The van der Waals surface area contributed by atoms with Crippen molar-refractivity contribution in [2.24, 2.45) is 0 Å². The van der Waals surface area contributed by atoms with Gasteiger partial charge in [-0.1, -0.05) is 23.8 Å². The molecule has 0 unspecified atom stereocenters. The molecule has 0 saturated heterocycles. The standard InChI is InChI=1S/C17H18N2O/c1-11-4-5-14(13(3)8-11)17-15(10-20)19-7-6-12(2)9-16(19)18-17/h4-9,20H,10H2,1-3H3. The van der Waals surface area contributed by atoms with Crippen LogP contribution in [-0.2, 0) is 6.61 Å². The zero-order chi connectivity index (χ0) is 14.3. The molecule has 2 heterocycles. The number of nitrogens with zero attached hydrogens (tertiary/aromatic N) is 2. The zero-order valence-electron chi connectivity index (χ0n) is 12.0. The van der Waals surface area contributed by atoms with Gasteiger partial charge in [0, 0.05) is 11.8 Å². The van der Waals surface area contributed by atoms with Crippen molar-refractivity contribution in [1.29, 1.82) is 0 Å². The van der Waals surface area contributed by atoms with Gasteiger partial charge in [-0.2, -0.15) is 0 Å². The molecular formula is C17H18N2O. The fourth-order valence-electron chi connectivity index (χ4n) is 2.64. The molecule has 0 spiro atoms. The second-order valence-corrected chi connectivity index (χ2v) is 5.32. The highest BCUT2D eigenvalue weighted by atomic mass is 16.3. The molecule has 0 aliphatic rings. The fourth-order valence-corrected chi connectivity index (χ4v) is 2.64.